The SMILES string of the molecule is CN(C)Cc1nnc(NCCOCc2ccccc2)o1. The van der Waals surface area contributed by atoms with Gasteiger partial charge in [0.1, 0.15) is 0 Å². The van der Waals surface area contributed by atoms with E-state index in [-0.39, 0.29) is 0 Å². The van der Waals surface area contributed by atoms with Crippen molar-refractivity contribution in [3.8, 4) is 0 Å². The molecule has 1 aromatic carbocycles. The predicted molar refractivity (Wildman–Crippen MR) is 76.3 cm³/mol. The fraction of sp³-hybridized carbons (Fsp3) is 0.429. The minimum absolute atomic E-state index is 0.435. The molecule has 0 aliphatic carbocycles. The molecule has 1 heterocycles. The van der Waals surface area contributed by atoms with Gasteiger partial charge in [-0.15, -0.1) is 5.10 Å². The molecule has 6 nitrogen and oxygen atoms in total. The molecule has 2 rings (SSSR count). The highest BCUT2D eigenvalue weighted by molar-refractivity contribution is 5.16. The molecule has 0 fully saturated rings. The van der Waals surface area contributed by atoms with Crippen molar-refractivity contribution in [3.63, 3.8) is 0 Å². The molecule has 0 saturated heterocycles. The summed E-state index contributed by atoms with van der Waals surface area (Å²) in [4.78, 5) is 1.97. The van der Waals surface area contributed by atoms with E-state index >= 15 is 0 Å². The molecule has 108 valence electrons. The van der Waals surface area contributed by atoms with Gasteiger partial charge in [0.05, 0.1) is 19.8 Å². The highest BCUT2D eigenvalue weighted by Gasteiger charge is 2.05. The number of ether oxygens (including phenoxy) is 1. The Kier molecular flexibility index (Phi) is 5.52. The van der Waals surface area contributed by atoms with Crippen molar-refractivity contribution in [1.82, 2.24) is 15.1 Å². The summed E-state index contributed by atoms with van der Waals surface area (Å²) in [5.41, 5.74) is 1.17. The number of rotatable bonds is 8. The largest absolute Gasteiger partial charge is 0.407 e. The lowest BCUT2D eigenvalue weighted by atomic mass is 10.2. The van der Waals surface area contributed by atoms with Gasteiger partial charge in [-0.25, -0.2) is 0 Å². The van der Waals surface area contributed by atoms with Crippen molar-refractivity contribution < 1.29 is 9.15 Å². The molecule has 0 spiro atoms. The molecule has 0 radical (unpaired) electrons. The average molecular weight is 276 g/mol. The molecular formula is C14H20N4O2. The third kappa shape index (κ3) is 4.99. The average Bonchev–Trinajstić information content (AvgIpc) is 2.86. The van der Waals surface area contributed by atoms with E-state index in [9.17, 15) is 0 Å². The molecular weight excluding hydrogens is 256 g/mol. The molecule has 0 aliphatic heterocycles. The van der Waals surface area contributed by atoms with Crippen LogP contribution < -0.4 is 5.32 Å². The van der Waals surface area contributed by atoms with E-state index in [0.29, 0.717) is 38.2 Å². The first kappa shape index (κ1) is 14.5. The Bertz CT molecular complexity index is 499. The smallest absolute Gasteiger partial charge is 0.315 e. The fourth-order valence-corrected chi connectivity index (χ4v) is 1.65. The van der Waals surface area contributed by atoms with Crippen molar-refractivity contribution in [2.24, 2.45) is 0 Å². The van der Waals surface area contributed by atoms with Crippen LogP contribution in [0, 0.1) is 0 Å². The van der Waals surface area contributed by atoms with E-state index in [1.807, 2.05) is 49.3 Å². The zero-order valence-corrected chi connectivity index (χ0v) is 11.9. The van der Waals surface area contributed by atoms with Crippen LogP contribution in [0.3, 0.4) is 0 Å². The quantitative estimate of drug-likeness (QED) is 0.741. The van der Waals surface area contributed by atoms with E-state index in [2.05, 4.69) is 15.5 Å². The third-order valence-electron chi connectivity index (χ3n) is 2.55. The van der Waals surface area contributed by atoms with Gasteiger partial charge in [0.2, 0.25) is 5.89 Å². The molecule has 1 N–H and O–H groups in total. The number of benzene rings is 1. The zero-order valence-electron chi connectivity index (χ0n) is 11.9. The number of anilines is 1. The minimum atomic E-state index is 0.435. The lowest BCUT2D eigenvalue weighted by Crippen LogP contribution is -2.10. The molecule has 0 amide bonds. The Morgan fingerprint density at radius 3 is 2.75 bits per heavy atom. The van der Waals surface area contributed by atoms with Gasteiger partial charge in [0.25, 0.3) is 0 Å². The van der Waals surface area contributed by atoms with E-state index < -0.39 is 0 Å². The Morgan fingerprint density at radius 1 is 1.20 bits per heavy atom. The van der Waals surface area contributed by atoms with Crippen LogP contribution in [0.2, 0.25) is 0 Å². The Hall–Kier alpha value is -1.92. The molecule has 2 aromatic rings. The van der Waals surface area contributed by atoms with Gasteiger partial charge in [0, 0.05) is 6.54 Å². The first-order chi connectivity index (χ1) is 9.74. The summed E-state index contributed by atoms with van der Waals surface area (Å²) < 4.78 is 11.0. The van der Waals surface area contributed by atoms with Gasteiger partial charge in [-0.05, 0) is 19.7 Å². The van der Waals surface area contributed by atoms with Crippen molar-refractivity contribution in [2.75, 3.05) is 32.6 Å². The van der Waals surface area contributed by atoms with Crippen LogP contribution in [0.5, 0.6) is 0 Å². The molecule has 20 heavy (non-hydrogen) atoms. The second-order valence-corrected chi connectivity index (χ2v) is 4.70. The summed E-state index contributed by atoms with van der Waals surface area (Å²) in [5, 5.41) is 10.9. The monoisotopic (exact) mass is 276 g/mol. The van der Waals surface area contributed by atoms with Crippen LogP contribution in [-0.2, 0) is 17.9 Å². The predicted octanol–water partition coefficient (Wildman–Crippen LogP) is 1.76. The van der Waals surface area contributed by atoms with Crippen LogP contribution in [0.15, 0.2) is 34.7 Å². The maximum atomic E-state index is 5.55. The van der Waals surface area contributed by atoms with E-state index in [4.69, 9.17) is 9.15 Å². The summed E-state index contributed by atoms with van der Waals surface area (Å²) >= 11 is 0. The lowest BCUT2D eigenvalue weighted by molar-refractivity contribution is 0.130. The van der Waals surface area contributed by atoms with Crippen molar-refractivity contribution in [3.05, 3.63) is 41.8 Å². The Balaban J connectivity index is 1.62. The molecule has 0 bridgehead atoms. The highest BCUT2D eigenvalue weighted by Crippen LogP contribution is 2.06. The van der Waals surface area contributed by atoms with Gasteiger partial charge in [-0.1, -0.05) is 35.4 Å². The molecule has 0 aliphatic rings. The number of hydrogen-bond acceptors (Lipinski definition) is 6. The summed E-state index contributed by atoms with van der Waals surface area (Å²) in [6.07, 6.45) is 0. The topological polar surface area (TPSA) is 63.4 Å². The first-order valence-electron chi connectivity index (χ1n) is 6.56. The summed E-state index contributed by atoms with van der Waals surface area (Å²) in [5.74, 6) is 0.600. The van der Waals surface area contributed by atoms with Crippen molar-refractivity contribution in [1.29, 1.82) is 0 Å². The second-order valence-electron chi connectivity index (χ2n) is 4.70. The molecule has 0 atom stereocenters. The van der Waals surface area contributed by atoms with Crippen LogP contribution in [0.4, 0.5) is 6.01 Å². The van der Waals surface area contributed by atoms with Crippen LogP contribution >= 0.6 is 0 Å². The number of nitrogens with one attached hydrogen (secondary N) is 1. The van der Waals surface area contributed by atoms with E-state index in [0.717, 1.165) is 0 Å². The van der Waals surface area contributed by atoms with Crippen LogP contribution in [-0.4, -0.2) is 42.3 Å². The highest BCUT2D eigenvalue weighted by atomic mass is 16.5. The molecule has 1 aromatic heterocycles. The fourth-order valence-electron chi connectivity index (χ4n) is 1.65. The second kappa shape index (κ2) is 7.62. The van der Waals surface area contributed by atoms with Gasteiger partial charge < -0.3 is 19.4 Å². The van der Waals surface area contributed by atoms with Gasteiger partial charge in [-0.3, -0.25) is 0 Å². The minimum Gasteiger partial charge on any atom is -0.407 e. The van der Waals surface area contributed by atoms with Gasteiger partial charge in [-0.2, -0.15) is 0 Å². The summed E-state index contributed by atoms with van der Waals surface area (Å²) in [6.45, 7) is 2.47. The number of aromatic nitrogens is 2. The first-order valence-corrected chi connectivity index (χ1v) is 6.56. The maximum absolute atomic E-state index is 5.55. The van der Waals surface area contributed by atoms with Crippen LogP contribution in [0.1, 0.15) is 11.5 Å². The summed E-state index contributed by atoms with van der Waals surface area (Å²) in [6, 6.07) is 10.5. The standard InChI is InChI=1S/C14H20N4O2/c1-18(2)10-13-16-17-14(20-13)15-8-9-19-11-12-6-4-3-5-7-12/h3-7H,8-11H2,1-2H3,(H,15,17). The van der Waals surface area contributed by atoms with Crippen molar-refractivity contribution in [2.45, 2.75) is 13.2 Å². The molecule has 0 saturated carbocycles. The van der Waals surface area contributed by atoms with Crippen molar-refractivity contribution >= 4 is 6.01 Å². The van der Waals surface area contributed by atoms with Gasteiger partial charge in [0.15, 0.2) is 0 Å². The lowest BCUT2D eigenvalue weighted by Gasteiger charge is -2.05. The van der Waals surface area contributed by atoms with E-state index in [1.54, 1.807) is 0 Å². The summed E-state index contributed by atoms with van der Waals surface area (Å²) in [7, 11) is 3.91. The zero-order chi connectivity index (χ0) is 14.2. The molecule has 6 heteroatoms. The third-order valence-corrected chi connectivity index (χ3v) is 2.55. The van der Waals surface area contributed by atoms with E-state index in [1.165, 1.54) is 5.56 Å². The number of hydrogen-bond donors (Lipinski definition) is 1. The van der Waals surface area contributed by atoms with Crippen LogP contribution in [0.25, 0.3) is 0 Å². The maximum Gasteiger partial charge on any atom is 0.315 e. The van der Waals surface area contributed by atoms with Gasteiger partial charge >= 0.3 is 6.01 Å². The number of nitrogens with zero attached hydrogens (tertiary/aromatic N) is 3. The molecule has 0 unspecified atom stereocenters. The Labute approximate surface area is 118 Å². The Morgan fingerprint density at radius 2 is 2.00 bits per heavy atom. The normalized spacial score (nSPS) is 10.9.